The highest BCUT2D eigenvalue weighted by atomic mass is 35.5. The minimum Gasteiger partial charge on any atom is -0.465 e. The van der Waals surface area contributed by atoms with Crippen molar-refractivity contribution in [2.45, 2.75) is 45.3 Å². The predicted octanol–water partition coefficient (Wildman–Crippen LogP) is 4.90. The molecular weight excluding hydrogens is 456 g/mol. The lowest BCUT2D eigenvalue weighted by atomic mass is 9.86. The summed E-state index contributed by atoms with van der Waals surface area (Å²) in [6.45, 7) is 8.61. The Kier molecular flexibility index (Phi) is 6.38. The van der Waals surface area contributed by atoms with E-state index in [0.717, 1.165) is 22.5 Å². The Morgan fingerprint density at radius 3 is 2.76 bits per heavy atom. The lowest BCUT2D eigenvalue weighted by molar-refractivity contribution is -0.143. The lowest BCUT2D eigenvalue weighted by Gasteiger charge is -2.41. The van der Waals surface area contributed by atoms with Crippen LogP contribution in [0.25, 0.3) is 5.57 Å². The molecule has 0 bridgehead atoms. The maximum Gasteiger partial charge on any atom is 0.325 e. The minimum atomic E-state index is -0.333. The zero-order valence-corrected chi connectivity index (χ0v) is 21.1. The van der Waals surface area contributed by atoms with E-state index in [1.807, 2.05) is 29.2 Å². The van der Waals surface area contributed by atoms with Gasteiger partial charge in [-0.1, -0.05) is 23.7 Å². The van der Waals surface area contributed by atoms with E-state index in [0.29, 0.717) is 16.7 Å². The summed E-state index contributed by atoms with van der Waals surface area (Å²) < 4.78 is 5.22. The number of carbonyl (C=O) groups excluding carboxylic acids is 1. The Bertz CT molecular complexity index is 1120. The van der Waals surface area contributed by atoms with Gasteiger partial charge in [0.15, 0.2) is 5.11 Å². The van der Waals surface area contributed by atoms with Gasteiger partial charge in [0, 0.05) is 29.5 Å². The fraction of sp³-hybridized carbons (Fsp3) is 0.400. The molecule has 4 rings (SSSR count). The van der Waals surface area contributed by atoms with E-state index in [9.17, 15) is 4.79 Å². The second-order valence-electron chi connectivity index (χ2n) is 8.99. The predicted molar refractivity (Wildman–Crippen MR) is 136 cm³/mol. The van der Waals surface area contributed by atoms with Crippen LogP contribution in [0.15, 0.2) is 42.6 Å². The average Bonchev–Trinajstić information content (AvgIpc) is 3.08. The number of carbonyl (C=O) groups is 1. The SMILES string of the molecule is CCOC(=O)CN1C(=S)NC(c2ccccn2)C1c1cc2c(cc1Cl)N(C)C(C)(C)C=C2C. The summed E-state index contributed by atoms with van der Waals surface area (Å²) in [7, 11) is 2.08. The Balaban J connectivity index is 1.84. The number of hydrogen-bond donors (Lipinski definition) is 1. The van der Waals surface area contributed by atoms with Crippen LogP contribution >= 0.6 is 23.8 Å². The van der Waals surface area contributed by atoms with Crippen molar-refractivity contribution in [1.29, 1.82) is 0 Å². The number of pyridine rings is 1. The van der Waals surface area contributed by atoms with Crippen LogP contribution in [0.4, 0.5) is 5.69 Å². The fourth-order valence-corrected chi connectivity index (χ4v) is 5.25. The molecule has 2 aromatic rings. The van der Waals surface area contributed by atoms with Crippen LogP contribution in [0.2, 0.25) is 5.02 Å². The molecule has 2 aliphatic rings. The number of fused-ring (bicyclic) bond motifs is 1. The summed E-state index contributed by atoms with van der Waals surface area (Å²) in [4.78, 5) is 21.1. The van der Waals surface area contributed by atoms with Gasteiger partial charge >= 0.3 is 5.97 Å². The van der Waals surface area contributed by atoms with Crippen molar-refractivity contribution in [3.63, 3.8) is 0 Å². The van der Waals surface area contributed by atoms with E-state index >= 15 is 0 Å². The van der Waals surface area contributed by atoms with Crippen molar-refractivity contribution in [3.05, 3.63) is 64.4 Å². The van der Waals surface area contributed by atoms with Crippen molar-refractivity contribution in [2.24, 2.45) is 0 Å². The van der Waals surface area contributed by atoms with Crippen LogP contribution < -0.4 is 10.2 Å². The average molecular weight is 485 g/mol. The second kappa shape index (κ2) is 8.95. The molecule has 3 heterocycles. The highest BCUT2D eigenvalue weighted by molar-refractivity contribution is 7.80. The van der Waals surface area contributed by atoms with Crippen LogP contribution in [0.5, 0.6) is 0 Å². The highest BCUT2D eigenvalue weighted by Crippen LogP contribution is 2.46. The van der Waals surface area contributed by atoms with E-state index in [1.165, 1.54) is 5.57 Å². The van der Waals surface area contributed by atoms with Gasteiger partial charge < -0.3 is 19.9 Å². The van der Waals surface area contributed by atoms with E-state index < -0.39 is 0 Å². The van der Waals surface area contributed by atoms with Crippen LogP contribution in [0.3, 0.4) is 0 Å². The Morgan fingerprint density at radius 2 is 2.09 bits per heavy atom. The number of ether oxygens (including phenoxy) is 1. The third-order valence-corrected chi connectivity index (χ3v) is 7.14. The van der Waals surface area contributed by atoms with Crippen molar-refractivity contribution in [2.75, 3.05) is 25.1 Å². The number of nitrogens with zero attached hydrogens (tertiary/aromatic N) is 3. The van der Waals surface area contributed by atoms with Crippen LogP contribution in [-0.2, 0) is 9.53 Å². The summed E-state index contributed by atoms with van der Waals surface area (Å²) in [5.41, 5.74) is 4.98. The number of hydrogen-bond acceptors (Lipinski definition) is 5. The molecule has 8 heteroatoms. The molecule has 6 nitrogen and oxygen atoms in total. The van der Waals surface area contributed by atoms with Crippen molar-refractivity contribution < 1.29 is 9.53 Å². The van der Waals surface area contributed by atoms with Crippen molar-refractivity contribution in [1.82, 2.24) is 15.2 Å². The molecule has 1 aromatic carbocycles. The standard InChI is InChI=1S/C25H29ClN4O2S/c1-6-32-21(31)14-30-23(22(28-24(30)33)19-9-7-8-10-27-19)17-11-16-15(2)13-25(3,4)29(5)20(16)12-18(17)26/h7-13,22-23H,6,14H2,1-5H3,(H,28,33). The number of rotatable bonds is 5. The molecule has 1 saturated heterocycles. The summed E-state index contributed by atoms with van der Waals surface area (Å²) >= 11 is 12.6. The zero-order valence-electron chi connectivity index (χ0n) is 19.6. The van der Waals surface area contributed by atoms with Gasteiger partial charge in [-0.15, -0.1) is 0 Å². The topological polar surface area (TPSA) is 57.7 Å². The Labute approximate surface area is 205 Å². The Hall–Kier alpha value is -2.64. The molecule has 2 unspecified atom stereocenters. The number of thiocarbonyl (C=S) groups is 1. The number of likely N-dealkylation sites (N-methyl/N-ethyl adjacent to an activating group) is 1. The summed E-state index contributed by atoms with van der Waals surface area (Å²) in [6.07, 6.45) is 4.01. The number of aromatic nitrogens is 1. The summed E-state index contributed by atoms with van der Waals surface area (Å²) in [6, 6.07) is 9.34. The number of allylic oxidation sites excluding steroid dienone is 1. The molecular formula is C25H29ClN4O2S. The highest BCUT2D eigenvalue weighted by Gasteiger charge is 2.42. The quantitative estimate of drug-likeness (QED) is 0.478. The van der Waals surface area contributed by atoms with Crippen LogP contribution in [0, 0.1) is 0 Å². The molecule has 2 aliphatic heterocycles. The largest absolute Gasteiger partial charge is 0.465 e. The first-order valence-electron chi connectivity index (χ1n) is 11.0. The monoisotopic (exact) mass is 484 g/mol. The van der Waals surface area contributed by atoms with Gasteiger partial charge in [-0.3, -0.25) is 9.78 Å². The third kappa shape index (κ3) is 4.32. The van der Waals surface area contributed by atoms with Gasteiger partial charge in [-0.25, -0.2) is 0 Å². The molecule has 1 fully saturated rings. The number of nitrogens with one attached hydrogen (secondary N) is 1. The van der Waals surface area contributed by atoms with Gasteiger partial charge in [0.05, 0.1) is 29.9 Å². The number of halogens is 1. The van der Waals surface area contributed by atoms with Gasteiger partial charge in [0.1, 0.15) is 6.54 Å². The molecule has 33 heavy (non-hydrogen) atoms. The Morgan fingerprint density at radius 1 is 1.33 bits per heavy atom. The number of anilines is 1. The van der Waals surface area contributed by atoms with E-state index in [2.05, 4.69) is 55.2 Å². The van der Waals surface area contributed by atoms with E-state index in [-0.39, 0.29) is 30.1 Å². The van der Waals surface area contributed by atoms with Crippen molar-refractivity contribution >= 4 is 46.2 Å². The normalized spacial score (nSPS) is 21.4. The van der Waals surface area contributed by atoms with Gasteiger partial charge in [0.2, 0.25) is 0 Å². The van der Waals surface area contributed by atoms with E-state index in [4.69, 9.17) is 28.6 Å². The summed E-state index contributed by atoms with van der Waals surface area (Å²) in [5, 5.41) is 4.46. The first-order chi connectivity index (χ1) is 15.6. The van der Waals surface area contributed by atoms with Gasteiger partial charge in [0.25, 0.3) is 0 Å². The molecule has 2 atom stereocenters. The molecule has 0 saturated carbocycles. The smallest absolute Gasteiger partial charge is 0.325 e. The van der Waals surface area contributed by atoms with Crippen LogP contribution in [0.1, 0.15) is 56.6 Å². The second-order valence-corrected chi connectivity index (χ2v) is 9.78. The first kappa shape index (κ1) is 23.5. The molecule has 1 aromatic heterocycles. The number of benzene rings is 1. The fourth-order valence-electron chi connectivity index (χ4n) is 4.67. The minimum absolute atomic E-state index is 0.0306. The molecule has 0 spiro atoms. The lowest BCUT2D eigenvalue weighted by Crippen LogP contribution is -2.42. The van der Waals surface area contributed by atoms with Crippen molar-refractivity contribution in [3.8, 4) is 0 Å². The zero-order chi connectivity index (χ0) is 23.9. The maximum atomic E-state index is 12.4. The molecule has 1 N–H and O–H groups in total. The van der Waals surface area contributed by atoms with Crippen LogP contribution in [-0.4, -0.2) is 46.7 Å². The molecule has 0 radical (unpaired) electrons. The van der Waals surface area contributed by atoms with E-state index in [1.54, 1.807) is 13.1 Å². The summed E-state index contributed by atoms with van der Waals surface area (Å²) in [5.74, 6) is -0.333. The molecule has 0 amide bonds. The molecule has 174 valence electrons. The molecule has 0 aliphatic carbocycles. The van der Waals surface area contributed by atoms with Gasteiger partial charge in [-0.05, 0) is 75.3 Å². The van der Waals surface area contributed by atoms with Gasteiger partial charge in [-0.2, -0.15) is 0 Å². The third-order valence-electron chi connectivity index (χ3n) is 6.46. The maximum absolute atomic E-state index is 12.4. The number of esters is 1. The first-order valence-corrected chi connectivity index (χ1v) is 11.8.